The van der Waals surface area contributed by atoms with E-state index in [0.717, 1.165) is 35.8 Å². The summed E-state index contributed by atoms with van der Waals surface area (Å²) in [5.41, 5.74) is 2.33. The van der Waals surface area contributed by atoms with Gasteiger partial charge >= 0.3 is 0 Å². The van der Waals surface area contributed by atoms with Crippen molar-refractivity contribution in [3.8, 4) is 0 Å². The number of thiophene rings is 1. The second kappa shape index (κ2) is 8.49. The molecule has 3 aromatic rings. The highest BCUT2D eigenvalue weighted by Gasteiger charge is 2.31. The summed E-state index contributed by atoms with van der Waals surface area (Å²) < 4.78 is 2.24. The Morgan fingerprint density at radius 2 is 2.07 bits per heavy atom. The van der Waals surface area contributed by atoms with Crippen LogP contribution >= 0.6 is 23.1 Å². The molecule has 0 aliphatic heterocycles. The van der Waals surface area contributed by atoms with Crippen molar-refractivity contribution >= 4 is 29.0 Å². The molecule has 2 heterocycles. The summed E-state index contributed by atoms with van der Waals surface area (Å²) in [5.74, 6) is 1.02. The molecule has 0 spiro atoms. The Bertz CT molecular complexity index is 930. The van der Waals surface area contributed by atoms with Gasteiger partial charge in [-0.15, -0.1) is 21.5 Å². The quantitative estimate of drug-likeness (QED) is 0.558. The minimum absolute atomic E-state index is 0.0238. The topological polar surface area (TPSA) is 59.8 Å². The Kier molecular flexibility index (Phi) is 5.82. The maximum Gasteiger partial charge on any atom is 0.233 e. The van der Waals surface area contributed by atoms with E-state index in [4.69, 9.17) is 0 Å². The lowest BCUT2D eigenvalue weighted by molar-refractivity contribution is -0.120. The third kappa shape index (κ3) is 4.64. The molecule has 1 saturated carbocycles. The van der Waals surface area contributed by atoms with Crippen LogP contribution in [0.4, 0.5) is 0 Å². The second-order valence-electron chi connectivity index (χ2n) is 7.22. The molecule has 4 rings (SSSR count). The van der Waals surface area contributed by atoms with Gasteiger partial charge in [-0.2, -0.15) is 0 Å². The summed E-state index contributed by atoms with van der Waals surface area (Å²) >= 11 is 3.24. The normalized spacial score (nSPS) is 14.8. The van der Waals surface area contributed by atoms with Crippen molar-refractivity contribution in [2.75, 3.05) is 0 Å². The van der Waals surface area contributed by atoms with Crippen molar-refractivity contribution in [1.29, 1.82) is 0 Å². The van der Waals surface area contributed by atoms with Crippen LogP contribution in [-0.2, 0) is 17.8 Å². The molecule has 0 unspecified atom stereocenters. The van der Waals surface area contributed by atoms with Crippen molar-refractivity contribution in [2.24, 2.45) is 0 Å². The van der Waals surface area contributed by atoms with Crippen LogP contribution in [0.3, 0.4) is 0 Å². The lowest BCUT2D eigenvalue weighted by atomic mass is 10.1. The number of carbonyl (C=O) groups is 1. The van der Waals surface area contributed by atoms with Gasteiger partial charge in [0.05, 0.1) is 5.25 Å². The summed E-state index contributed by atoms with van der Waals surface area (Å²) in [6, 6.07) is 12.9. The SMILES string of the molecule is Cc1ccc(CNC(=O)[C@H](C)Sc2nnc(Cc3cccs3)n2C2CC2)cc1. The molecule has 7 heteroatoms. The Hall–Kier alpha value is -2.12. The predicted molar refractivity (Wildman–Crippen MR) is 114 cm³/mol. The van der Waals surface area contributed by atoms with Crippen LogP contribution in [-0.4, -0.2) is 25.9 Å². The molecule has 0 bridgehead atoms. The second-order valence-corrected chi connectivity index (χ2v) is 9.56. The molecule has 1 N–H and O–H groups in total. The zero-order chi connectivity index (χ0) is 19.5. The third-order valence-electron chi connectivity index (χ3n) is 4.80. The molecule has 1 aliphatic rings. The van der Waals surface area contributed by atoms with Crippen LogP contribution in [0.25, 0.3) is 0 Å². The summed E-state index contributed by atoms with van der Waals surface area (Å²) in [4.78, 5) is 13.8. The fourth-order valence-corrected chi connectivity index (χ4v) is 4.69. The highest BCUT2D eigenvalue weighted by atomic mass is 32.2. The van der Waals surface area contributed by atoms with Crippen LogP contribution in [0.15, 0.2) is 46.9 Å². The first-order valence-electron chi connectivity index (χ1n) is 9.56. The number of aromatic nitrogens is 3. The largest absolute Gasteiger partial charge is 0.351 e. The predicted octanol–water partition coefficient (Wildman–Crippen LogP) is 4.37. The molecule has 28 heavy (non-hydrogen) atoms. The number of rotatable bonds is 8. The van der Waals surface area contributed by atoms with E-state index in [9.17, 15) is 4.79 Å². The Balaban J connectivity index is 1.39. The first-order chi connectivity index (χ1) is 13.6. The summed E-state index contributed by atoms with van der Waals surface area (Å²) in [5, 5.41) is 14.6. The van der Waals surface area contributed by atoms with Gasteiger partial charge in [-0.3, -0.25) is 4.79 Å². The summed E-state index contributed by atoms with van der Waals surface area (Å²) in [7, 11) is 0. The first kappa shape index (κ1) is 19.2. The molecule has 146 valence electrons. The fraction of sp³-hybridized carbons (Fsp3) is 0.381. The molecule has 1 aromatic carbocycles. The smallest absolute Gasteiger partial charge is 0.233 e. The van der Waals surface area contributed by atoms with Crippen molar-refractivity contribution in [3.63, 3.8) is 0 Å². The maximum absolute atomic E-state index is 12.6. The van der Waals surface area contributed by atoms with Gasteiger partial charge in [0.1, 0.15) is 5.82 Å². The monoisotopic (exact) mass is 412 g/mol. The number of amides is 1. The average molecular weight is 413 g/mol. The standard InChI is InChI=1S/C21H24N4OS2/c1-14-5-7-16(8-6-14)13-22-20(26)15(2)28-21-24-23-19(25(21)17-9-10-17)12-18-4-3-11-27-18/h3-8,11,15,17H,9-10,12-13H2,1-2H3,(H,22,26)/t15-/m0/s1. The van der Waals surface area contributed by atoms with E-state index in [1.807, 2.05) is 19.1 Å². The molecule has 0 radical (unpaired) electrons. The van der Waals surface area contributed by atoms with E-state index in [0.29, 0.717) is 12.6 Å². The number of benzene rings is 1. The van der Waals surface area contributed by atoms with Crippen molar-refractivity contribution in [3.05, 3.63) is 63.6 Å². The van der Waals surface area contributed by atoms with Crippen molar-refractivity contribution < 1.29 is 4.79 Å². The minimum atomic E-state index is -0.221. The van der Waals surface area contributed by atoms with Gasteiger partial charge < -0.3 is 9.88 Å². The first-order valence-corrected chi connectivity index (χ1v) is 11.3. The highest BCUT2D eigenvalue weighted by molar-refractivity contribution is 8.00. The molecule has 1 amide bonds. The van der Waals surface area contributed by atoms with Crippen LogP contribution in [0.1, 0.15) is 47.6 Å². The number of carbonyl (C=O) groups excluding carboxylic acids is 1. The van der Waals surface area contributed by atoms with Gasteiger partial charge in [-0.05, 0) is 43.7 Å². The van der Waals surface area contributed by atoms with Crippen LogP contribution < -0.4 is 5.32 Å². The molecule has 1 aliphatic carbocycles. The van der Waals surface area contributed by atoms with Gasteiger partial charge in [0.2, 0.25) is 5.91 Å². The van der Waals surface area contributed by atoms with Gasteiger partial charge in [-0.1, -0.05) is 47.7 Å². The van der Waals surface area contributed by atoms with E-state index in [1.54, 1.807) is 11.3 Å². The Morgan fingerprint density at radius 3 is 2.75 bits per heavy atom. The molecule has 1 atom stereocenters. The van der Waals surface area contributed by atoms with E-state index in [2.05, 4.69) is 56.7 Å². The maximum atomic E-state index is 12.6. The zero-order valence-corrected chi connectivity index (χ0v) is 17.7. The number of hydrogen-bond donors (Lipinski definition) is 1. The zero-order valence-electron chi connectivity index (χ0n) is 16.1. The fourth-order valence-electron chi connectivity index (χ4n) is 3.03. The van der Waals surface area contributed by atoms with Crippen LogP contribution in [0, 0.1) is 6.92 Å². The number of thioether (sulfide) groups is 1. The lowest BCUT2D eigenvalue weighted by Crippen LogP contribution is -2.30. The third-order valence-corrected chi connectivity index (χ3v) is 6.73. The number of aryl methyl sites for hydroxylation is 1. The van der Waals surface area contributed by atoms with E-state index in [1.165, 1.54) is 22.2 Å². The number of hydrogen-bond acceptors (Lipinski definition) is 5. The number of nitrogens with zero attached hydrogens (tertiary/aromatic N) is 3. The molecule has 5 nitrogen and oxygen atoms in total. The molecule has 2 aromatic heterocycles. The van der Waals surface area contributed by atoms with Gasteiger partial charge in [0, 0.05) is 23.9 Å². The molecular weight excluding hydrogens is 388 g/mol. The Labute approximate surface area is 173 Å². The Morgan fingerprint density at radius 1 is 1.29 bits per heavy atom. The lowest BCUT2D eigenvalue weighted by Gasteiger charge is -2.13. The van der Waals surface area contributed by atoms with Crippen molar-refractivity contribution in [2.45, 2.75) is 56.1 Å². The number of nitrogens with one attached hydrogen (secondary N) is 1. The van der Waals surface area contributed by atoms with Gasteiger partial charge in [-0.25, -0.2) is 0 Å². The summed E-state index contributed by atoms with van der Waals surface area (Å²) in [6.45, 7) is 4.53. The van der Waals surface area contributed by atoms with E-state index < -0.39 is 0 Å². The minimum Gasteiger partial charge on any atom is -0.351 e. The molecule has 0 saturated heterocycles. The average Bonchev–Trinajstić information content (AvgIpc) is 3.25. The highest BCUT2D eigenvalue weighted by Crippen LogP contribution is 2.40. The molecule has 1 fully saturated rings. The van der Waals surface area contributed by atoms with E-state index >= 15 is 0 Å². The summed E-state index contributed by atoms with van der Waals surface area (Å²) in [6.07, 6.45) is 3.13. The van der Waals surface area contributed by atoms with Crippen LogP contribution in [0.2, 0.25) is 0 Å². The van der Waals surface area contributed by atoms with Crippen molar-refractivity contribution in [1.82, 2.24) is 20.1 Å². The van der Waals surface area contributed by atoms with Gasteiger partial charge in [0.25, 0.3) is 0 Å². The molecular formula is C21H24N4OS2. The van der Waals surface area contributed by atoms with Crippen LogP contribution in [0.5, 0.6) is 0 Å². The van der Waals surface area contributed by atoms with E-state index in [-0.39, 0.29) is 11.2 Å². The van der Waals surface area contributed by atoms with Gasteiger partial charge in [0.15, 0.2) is 5.16 Å².